The second-order valence-electron chi connectivity index (χ2n) is 8.22. The number of rotatable bonds is 8. The molecule has 0 radical (unpaired) electrons. The van der Waals surface area contributed by atoms with Gasteiger partial charge >= 0.3 is 0 Å². The fourth-order valence-corrected chi connectivity index (χ4v) is 4.26. The Morgan fingerprint density at radius 1 is 0.889 bits per heavy atom. The number of nitrogens with one attached hydrogen (secondary N) is 1. The van der Waals surface area contributed by atoms with Gasteiger partial charge in [0.1, 0.15) is 28.6 Å². The second kappa shape index (κ2) is 10.5. The molecule has 1 N–H and O–H groups in total. The van der Waals surface area contributed by atoms with Gasteiger partial charge in [0, 0.05) is 45.5 Å². The summed E-state index contributed by atoms with van der Waals surface area (Å²) in [5.41, 5.74) is 5.38. The number of fused-ring (bicyclic) bond motifs is 1. The summed E-state index contributed by atoms with van der Waals surface area (Å²) in [4.78, 5) is 12.8. The number of aryl methyl sites for hydroxylation is 1. The van der Waals surface area contributed by atoms with Gasteiger partial charge in [-0.05, 0) is 55.8 Å². The van der Waals surface area contributed by atoms with E-state index in [0.717, 1.165) is 33.2 Å². The Morgan fingerprint density at radius 2 is 1.64 bits per heavy atom. The molecule has 0 spiro atoms. The summed E-state index contributed by atoms with van der Waals surface area (Å²) in [5, 5.41) is 3.75. The number of hydrogen-bond acceptors (Lipinski definition) is 6. The normalized spacial score (nSPS) is 11.3. The van der Waals surface area contributed by atoms with Crippen molar-refractivity contribution in [1.29, 1.82) is 0 Å². The van der Waals surface area contributed by atoms with Crippen LogP contribution in [-0.2, 0) is 4.79 Å². The summed E-state index contributed by atoms with van der Waals surface area (Å²) in [7, 11) is 6.44. The van der Waals surface area contributed by atoms with Gasteiger partial charge in [0.05, 0.1) is 34.7 Å². The number of methoxy groups -OCH3 is 4. The predicted octanol–water partition coefficient (Wildman–Crippen LogP) is 6.48. The zero-order chi connectivity index (χ0) is 25.8. The van der Waals surface area contributed by atoms with Crippen LogP contribution in [0.15, 0.2) is 65.3 Å². The Balaban J connectivity index is 1.79. The van der Waals surface area contributed by atoms with Crippen molar-refractivity contribution < 1.29 is 28.2 Å². The highest BCUT2D eigenvalue weighted by Crippen LogP contribution is 2.43. The van der Waals surface area contributed by atoms with E-state index in [1.54, 1.807) is 52.9 Å². The third-order valence-corrected chi connectivity index (χ3v) is 6.05. The number of amides is 1. The molecule has 0 aliphatic heterocycles. The highest BCUT2D eigenvalue weighted by atomic mass is 16.5. The zero-order valence-corrected chi connectivity index (χ0v) is 21.2. The van der Waals surface area contributed by atoms with E-state index in [1.807, 2.05) is 50.2 Å². The molecule has 0 aliphatic rings. The highest BCUT2D eigenvalue weighted by Gasteiger charge is 2.21. The lowest BCUT2D eigenvalue weighted by Gasteiger charge is -2.14. The first-order valence-electron chi connectivity index (χ1n) is 11.3. The van der Waals surface area contributed by atoms with Crippen molar-refractivity contribution in [3.05, 3.63) is 72.0 Å². The Kier molecular flexibility index (Phi) is 7.20. The van der Waals surface area contributed by atoms with Crippen LogP contribution in [0, 0.1) is 6.92 Å². The zero-order valence-electron chi connectivity index (χ0n) is 21.2. The van der Waals surface area contributed by atoms with Crippen molar-refractivity contribution in [1.82, 2.24) is 0 Å². The third-order valence-electron chi connectivity index (χ3n) is 6.05. The van der Waals surface area contributed by atoms with Crippen molar-refractivity contribution >= 4 is 28.1 Å². The van der Waals surface area contributed by atoms with Crippen LogP contribution >= 0.6 is 0 Å². The van der Waals surface area contributed by atoms with E-state index in [4.69, 9.17) is 23.4 Å². The number of furan rings is 1. The maximum absolute atomic E-state index is 12.8. The van der Waals surface area contributed by atoms with Crippen LogP contribution in [0.4, 0.5) is 5.69 Å². The molecule has 0 bridgehead atoms. The molecule has 1 amide bonds. The van der Waals surface area contributed by atoms with Crippen LogP contribution in [0.25, 0.3) is 27.7 Å². The van der Waals surface area contributed by atoms with Crippen molar-refractivity contribution in [3.63, 3.8) is 0 Å². The Labute approximate surface area is 210 Å². The Hall–Kier alpha value is -4.39. The molecule has 36 heavy (non-hydrogen) atoms. The van der Waals surface area contributed by atoms with E-state index in [9.17, 15) is 4.79 Å². The predicted molar refractivity (Wildman–Crippen MR) is 141 cm³/mol. The van der Waals surface area contributed by atoms with E-state index in [1.165, 1.54) is 0 Å². The Morgan fingerprint density at radius 3 is 2.33 bits per heavy atom. The fourth-order valence-electron chi connectivity index (χ4n) is 4.26. The van der Waals surface area contributed by atoms with Gasteiger partial charge in [-0.1, -0.05) is 6.07 Å². The molecule has 4 rings (SSSR count). The lowest BCUT2D eigenvalue weighted by Crippen LogP contribution is -2.08. The standard InChI is InChI=1S/C29H29NO6/c1-17(12-27(31)30-19-8-7-9-20(13-19)32-3)22-15-24-25(16-36-29(24)18(2)28(22)35-6)23-14-21(33-4)10-11-26(23)34-5/h7-16H,1-6H3,(H,30,31)/b17-12+. The maximum Gasteiger partial charge on any atom is 0.248 e. The van der Waals surface area contributed by atoms with E-state index < -0.39 is 0 Å². The summed E-state index contributed by atoms with van der Waals surface area (Å²) in [6.45, 7) is 3.81. The summed E-state index contributed by atoms with van der Waals surface area (Å²) in [5.74, 6) is 2.44. The summed E-state index contributed by atoms with van der Waals surface area (Å²) < 4.78 is 28.0. The molecule has 0 atom stereocenters. The van der Waals surface area contributed by atoms with E-state index in [-0.39, 0.29) is 5.91 Å². The van der Waals surface area contributed by atoms with Crippen LogP contribution in [0.3, 0.4) is 0 Å². The third kappa shape index (κ3) is 4.73. The van der Waals surface area contributed by atoms with Gasteiger partial charge in [0.2, 0.25) is 5.91 Å². The van der Waals surface area contributed by atoms with Crippen LogP contribution in [0.2, 0.25) is 0 Å². The molecule has 7 nitrogen and oxygen atoms in total. The average molecular weight is 488 g/mol. The topological polar surface area (TPSA) is 79.2 Å². The fraction of sp³-hybridized carbons (Fsp3) is 0.207. The number of ether oxygens (including phenoxy) is 4. The lowest BCUT2D eigenvalue weighted by molar-refractivity contribution is -0.111. The lowest BCUT2D eigenvalue weighted by atomic mass is 9.96. The minimum atomic E-state index is -0.262. The molecule has 1 heterocycles. The molecule has 0 fully saturated rings. The van der Waals surface area contributed by atoms with Crippen molar-refractivity contribution in [3.8, 4) is 34.1 Å². The van der Waals surface area contributed by atoms with Crippen molar-refractivity contribution in [2.45, 2.75) is 13.8 Å². The molecule has 4 aromatic rings. The van der Waals surface area contributed by atoms with Gasteiger partial charge in [-0.15, -0.1) is 0 Å². The van der Waals surface area contributed by atoms with Crippen LogP contribution in [0.1, 0.15) is 18.1 Å². The molecular formula is C29H29NO6. The van der Waals surface area contributed by atoms with Gasteiger partial charge < -0.3 is 28.7 Å². The van der Waals surface area contributed by atoms with Gasteiger partial charge in [-0.25, -0.2) is 0 Å². The number of anilines is 1. The van der Waals surface area contributed by atoms with Gasteiger partial charge in [-0.2, -0.15) is 0 Å². The number of carbonyl (C=O) groups excluding carboxylic acids is 1. The quantitative estimate of drug-likeness (QED) is 0.286. The minimum Gasteiger partial charge on any atom is -0.497 e. The Bertz CT molecular complexity index is 1450. The van der Waals surface area contributed by atoms with E-state index in [0.29, 0.717) is 34.3 Å². The first-order chi connectivity index (χ1) is 17.4. The van der Waals surface area contributed by atoms with Gasteiger partial charge in [-0.3, -0.25) is 4.79 Å². The molecule has 0 aliphatic carbocycles. The molecule has 1 aromatic heterocycles. The van der Waals surface area contributed by atoms with Gasteiger partial charge in [0.15, 0.2) is 0 Å². The second-order valence-corrected chi connectivity index (χ2v) is 8.22. The van der Waals surface area contributed by atoms with Crippen LogP contribution in [0.5, 0.6) is 23.0 Å². The maximum atomic E-state index is 12.8. The first kappa shape index (κ1) is 24.7. The average Bonchev–Trinajstić information content (AvgIpc) is 3.32. The minimum absolute atomic E-state index is 0.262. The number of carbonyl (C=O) groups is 1. The number of allylic oxidation sites excluding steroid dienone is 1. The van der Waals surface area contributed by atoms with E-state index >= 15 is 0 Å². The molecule has 0 saturated heterocycles. The number of hydrogen-bond donors (Lipinski definition) is 1. The highest BCUT2D eigenvalue weighted by molar-refractivity contribution is 6.06. The van der Waals surface area contributed by atoms with Crippen molar-refractivity contribution in [2.75, 3.05) is 33.8 Å². The monoisotopic (exact) mass is 487 g/mol. The summed E-state index contributed by atoms with van der Waals surface area (Å²) in [6, 6.07) is 14.8. The molecule has 186 valence electrons. The number of benzene rings is 3. The molecule has 3 aromatic carbocycles. The van der Waals surface area contributed by atoms with E-state index in [2.05, 4.69) is 5.32 Å². The molecule has 0 unspecified atom stereocenters. The largest absolute Gasteiger partial charge is 0.497 e. The molecule has 7 heteroatoms. The van der Waals surface area contributed by atoms with Gasteiger partial charge in [0.25, 0.3) is 0 Å². The SMILES string of the molecule is COc1cccc(NC(=O)/C=C(\C)c2cc3c(-c4cc(OC)ccc4OC)coc3c(C)c2OC)c1. The van der Waals surface area contributed by atoms with Crippen LogP contribution < -0.4 is 24.3 Å². The van der Waals surface area contributed by atoms with Crippen LogP contribution in [-0.4, -0.2) is 34.3 Å². The van der Waals surface area contributed by atoms with Crippen molar-refractivity contribution in [2.24, 2.45) is 0 Å². The summed E-state index contributed by atoms with van der Waals surface area (Å²) >= 11 is 0. The summed E-state index contributed by atoms with van der Waals surface area (Å²) in [6.07, 6.45) is 3.25. The molecule has 0 saturated carbocycles. The smallest absolute Gasteiger partial charge is 0.248 e. The first-order valence-corrected chi connectivity index (χ1v) is 11.3. The molecular weight excluding hydrogens is 458 g/mol.